The Bertz CT molecular complexity index is 1540. The van der Waals surface area contributed by atoms with E-state index in [2.05, 4.69) is 10.6 Å². The van der Waals surface area contributed by atoms with Gasteiger partial charge < -0.3 is 10.6 Å². The lowest BCUT2D eigenvalue weighted by Crippen LogP contribution is -2.32. The predicted octanol–water partition coefficient (Wildman–Crippen LogP) is 6.21. The Balaban J connectivity index is 1.39. The number of nitrogens with zero attached hydrogens (tertiary/aromatic N) is 1. The lowest BCUT2D eigenvalue weighted by molar-refractivity contribution is -0.120. The number of hydrogen-bond acceptors (Lipinski definition) is 5. The van der Waals surface area contributed by atoms with Crippen molar-refractivity contribution in [2.75, 3.05) is 15.5 Å². The minimum Gasteiger partial charge on any atom is -0.350 e. The molecule has 188 valence electrons. The highest BCUT2D eigenvalue weighted by atomic mass is 32.2. The lowest BCUT2D eigenvalue weighted by atomic mass is 10.2. The number of hydrogen-bond donors (Lipinski definition) is 2. The van der Waals surface area contributed by atoms with E-state index in [0.717, 1.165) is 16.7 Å². The third kappa shape index (κ3) is 5.33. The van der Waals surface area contributed by atoms with Gasteiger partial charge >= 0.3 is 0 Å². The van der Waals surface area contributed by atoms with Gasteiger partial charge in [0, 0.05) is 21.8 Å². The van der Waals surface area contributed by atoms with E-state index in [9.17, 15) is 23.2 Å². The van der Waals surface area contributed by atoms with E-state index in [0.29, 0.717) is 27.5 Å². The Labute approximate surface area is 221 Å². The van der Waals surface area contributed by atoms with Gasteiger partial charge in [-0.2, -0.15) is 0 Å². The van der Waals surface area contributed by atoms with Crippen LogP contribution in [0.25, 0.3) is 0 Å². The first kappa shape index (κ1) is 24.9. The van der Waals surface area contributed by atoms with Crippen LogP contribution in [0.4, 0.5) is 25.8 Å². The van der Waals surface area contributed by atoms with Crippen LogP contribution in [0, 0.1) is 11.6 Å². The molecule has 0 aromatic heterocycles. The van der Waals surface area contributed by atoms with Crippen LogP contribution in [0.5, 0.6) is 0 Å². The highest BCUT2D eigenvalue weighted by molar-refractivity contribution is 8.04. The first-order chi connectivity index (χ1) is 18.4. The van der Waals surface area contributed by atoms with Crippen LogP contribution in [-0.4, -0.2) is 17.7 Å². The quantitative estimate of drug-likeness (QED) is 0.280. The number of imide groups is 1. The van der Waals surface area contributed by atoms with Crippen molar-refractivity contribution in [3.8, 4) is 0 Å². The van der Waals surface area contributed by atoms with E-state index < -0.39 is 29.4 Å². The SMILES string of the molecule is O=C(Nc1ccc(SC2=C(Nc3ccc(F)cc3)C(=O)N(c3ccccc3)C2=O)cc1)c1ccc(F)cc1. The number of carbonyl (C=O) groups is 3. The van der Waals surface area contributed by atoms with Crippen molar-refractivity contribution in [2.24, 2.45) is 0 Å². The number of nitrogens with one attached hydrogen (secondary N) is 2. The van der Waals surface area contributed by atoms with Crippen molar-refractivity contribution < 1.29 is 23.2 Å². The normalized spacial score (nSPS) is 13.2. The smallest absolute Gasteiger partial charge is 0.283 e. The van der Waals surface area contributed by atoms with Gasteiger partial charge in [0.1, 0.15) is 22.2 Å². The maximum Gasteiger partial charge on any atom is 0.283 e. The molecule has 2 N–H and O–H groups in total. The predicted molar refractivity (Wildman–Crippen MR) is 143 cm³/mol. The zero-order valence-electron chi connectivity index (χ0n) is 19.7. The summed E-state index contributed by atoms with van der Waals surface area (Å²) in [7, 11) is 0. The molecule has 9 heteroatoms. The third-order valence-corrected chi connectivity index (χ3v) is 6.70. The number of carbonyl (C=O) groups excluding carboxylic acids is 3. The number of halogens is 2. The van der Waals surface area contributed by atoms with E-state index >= 15 is 0 Å². The molecule has 5 rings (SSSR count). The van der Waals surface area contributed by atoms with Crippen LogP contribution in [0.2, 0.25) is 0 Å². The number of thioether (sulfide) groups is 1. The zero-order chi connectivity index (χ0) is 26.6. The fraction of sp³-hybridized carbons (Fsp3) is 0. The van der Waals surface area contributed by atoms with Gasteiger partial charge in [-0.05, 0) is 84.9 Å². The Morgan fingerprint density at radius 2 is 1.26 bits per heavy atom. The summed E-state index contributed by atoms with van der Waals surface area (Å²) in [6.45, 7) is 0. The molecule has 0 atom stereocenters. The van der Waals surface area contributed by atoms with Crippen molar-refractivity contribution in [1.29, 1.82) is 0 Å². The summed E-state index contributed by atoms with van der Waals surface area (Å²) in [4.78, 5) is 41.1. The van der Waals surface area contributed by atoms with Gasteiger partial charge in [0.15, 0.2) is 0 Å². The molecule has 3 amide bonds. The van der Waals surface area contributed by atoms with E-state index in [1.807, 2.05) is 0 Å². The van der Waals surface area contributed by atoms with Crippen molar-refractivity contribution in [3.63, 3.8) is 0 Å². The van der Waals surface area contributed by atoms with Gasteiger partial charge in [-0.1, -0.05) is 30.0 Å². The minimum absolute atomic E-state index is 0.0733. The zero-order valence-corrected chi connectivity index (χ0v) is 20.5. The van der Waals surface area contributed by atoms with E-state index in [1.165, 1.54) is 48.5 Å². The molecular formula is C29H19F2N3O3S. The molecule has 4 aromatic carbocycles. The van der Waals surface area contributed by atoms with Gasteiger partial charge in [0.05, 0.1) is 5.69 Å². The van der Waals surface area contributed by atoms with Crippen LogP contribution in [-0.2, 0) is 9.59 Å². The molecule has 1 aliphatic rings. The summed E-state index contributed by atoms with van der Waals surface area (Å²) >= 11 is 1.09. The molecule has 0 fully saturated rings. The second kappa shape index (κ2) is 10.7. The molecule has 6 nitrogen and oxygen atoms in total. The Kier molecular flexibility index (Phi) is 7.01. The summed E-state index contributed by atoms with van der Waals surface area (Å²) in [6.07, 6.45) is 0. The molecule has 1 heterocycles. The van der Waals surface area contributed by atoms with Crippen molar-refractivity contribution in [2.45, 2.75) is 4.90 Å². The maximum atomic E-state index is 13.4. The molecule has 0 bridgehead atoms. The van der Waals surface area contributed by atoms with Crippen molar-refractivity contribution in [1.82, 2.24) is 0 Å². The summed E-state index contributed by atoms with van der Waals surface area (Å²) in [6, 6.07) is 26.0. The van der Waals surface area contributed by atoms with Gasteiger partial charge in [-0.3, -0.25) is 14.4 Å². The van der Waals surface area contributed by atoms with Crippen molar-refractivity contribution in [3.05, 3.63) is 131 Å². The van der Waals surface area contributed by atoms with Gasteiger partial charge in [-0.15, -0.1) is 0 Å². The number of benzene rings is 4. The summed E-state index contributed by atoms with van der Waals surface area (Å²) in [5.74, 6) is -2.28. The highest BCUT2D eigenvalue weighted by Crippen LogP contribution is 2.38. The number of amides is 3. The number of anilines is 3. The minimum atomic E-state index is -0.531. The van der Waals surface area contributed by atoms with Crippen LogP contribution >= 0.6 is 11.8 Å². The fourth-order valence-electron chi connectivity index (χ4n) is 3.73. The summed E-state index contributed by atoms with van der Waals surface area (Å²) < 4.78 is 26.5. The van der Waals surface area contributed by atoms with Gasteiger partial charge in [0.25, 0.3) is 17.7 Å². The molecule has 0 radical (unpaired) electrons. The van der Waals surface area contributed by atoms with E-state index in [1.54, 1.807) is 54.6 Å². The molecule has 0 saturated heterocycles. The molecule has 0 unspecified atom stereocenters. The lowest BCUT2D eigenvalue weighted by Gasteiger charge is -2.15. The molecular weight excluding hydrogens is 508 g/mol. The highest BCUT2D eigenvalue weighted by Gasteiger charge is 2.40. The second-order valence-corrected chi connectivity index (χ2v) is 9.29. The van der Waals surface area contributed by atoms with Crippen LogP contribution in [0.15, 0.2) is 119 Å². The number of para-hydroxylation sites is 1. The average molecular weight is 528 g/mol. The van der Waals surface area contributed by atoms with Gasteiger partial charge in [-0.25, -0.2) is 13.7 Å². The second-order valence-electron chi connectivity index (χ2n) is 8.20. The van der Waals surface area contributed by atoms with Crippen LogP contribution in [0.3, 0.4) is 0 Å². The van der Waals surface area contributed by atoms with Gasteiger partial charge in [0.2, 0.25) is 0 Å². The maximum absolute atomic E-state index is 13.4. The van der Waals surface area contributed by atoms with E-state index in [-0.39, 0.29) is 10.6 Å². The molecule has 0 aliphatic carbocycles. The van der Waals surface area contributed by atoms with Crippen LogP contribution in [0.1, 0.15) is 10.4 Å². The largest absolute Gasteiger partial charge is 0.350 e. The average Bonchev–Trinajstić information content (AvgIpc) is 3.15. The van der Waals surface area contributed by atoms with Crippen molar-refractivity contribution >= 4 is 46.5 Å². The first-order valence-corrected chi connectivity index (χ1v) is 12.3. The molecule has 0 spiro atoms. The Hall–Kier alpha value is -4.76. The fourth-order valence-corrected chi connectivity index (χ4v) is 4.66. The molecule has 1 aliphatic heterocycles. The third-order valence-electron chi connectivity index (χ3n) is 5.61. The van der Waals surface area contributed by atoms with E-state index in [4.69, 9.17) is 0 Å². The summed E-state index contributed by atoms with van der Waals surface area (Å²) in [5, 5.41) is 5.71. The molecule has 38 heavy (non-hydrogen) atoms. The first-order valence-electron chi connectivity index (χ1n) is 11.4. The number of rotatable bonds is 7. The standard InChI is InChI=1S/C29H19F2N3O3S/c30-19-8-6-18(7-9-19)27(35)33-22-14-16-24(17-15-22)38-26-25(32-21-12-10-20(31)11-13-21)28(36)34(29(26)37)23-4-2-1-3-5-23/h1-17,32H,(H,33,35). The molecule has 0 saturated carbocycles. The molecule has 4 aromatic rings. The van der Waals surface area contributed by atoms with Crippen LogP contribution < -0.4 is 15.5 Å². The Morgan fingerprint density at radius 1 is 0.684 bits per heavy atom. The summed E-state index contributed by atoms with van der Waals surface area (Å²) in [5.41, 5.74) is 1.76. The Morgan fingerprint density at radius 3 is 1.89 bits per heavy atom. The topological polar surface area (TPSA) is 78.5 Å². The monoisotopic (exact) mass is 527 g/mol.